The number of nitrogens with zero attached hydrogens (tertiary/aromatic N) is 1. The molecule has 144 valence electrons. The molecule has 1 N–H and O–H groups in total. The number of hydrogen-bond donors (Lipinski definition) is 1. The predicted octanol–water partition coefficient (Wildman–Crippen LogP) is 3.76. The van der Waals surface area contributed by atoms with Gasteiger partial charge in [-0.1, -0.05) is 28.1 Å². The zero-order valence-electron chi connectivity index (χ0n) is 15.3. The lowest BCUT2D eigenvalue weighted by Crippen LogP contribution is -2.48. The second-order valence-corrected chi connectivity index (χ2v) is 7.77. The maximum absolute atomic E-state index is 13.4. The fourth-order valence-electron chi connectivity index (χ4n) is 3.62. The van der Waals surface area contributed by atoms with Gasteiger partial charge in [0.15, 0.2) is 0 Å². The summed E-state index contributed by atoms with van der Waals surface area (Å²) in [6.07, 6.45) is 1.21. The Bertz CT molecular complexity index is 837. The average molecular weight is 436 g/mol. The second-order valence-electron chi connectivity index (χ2n) is 6.85. The first-order chi connectivity index (χ1) is 12.8. The fraction of sp³-hybridized carbons (Fsp3) is 0.400. The van der Waals surface area contributed by atoms with Crippen molar-refractivity contribution in [1.82, 2.24) is 4.90 Å². The van der Waals surface area contributed by atoms with Crippen LogP contribution in [-0.2, 0) is 21.5 Å². The van der Waals surface area contributed by atoms with Crippen LogP contribution in [0.1, 0.15) is 40.3 Å². The van der Waals surface area contributed by atoms with Crippen LogP contribution in [0.15, 0.2) is 39.2 Å². The minimum atomic E-state index is -1.03. The summed E-state index contributed by atoms with van der Waals surface area (Å²) in [7, 11) is 1.72. The Labute approximate surface area is 166 Å². The average Bonchev–Trinajstić information content (AvgIpc) is 3.02. The van der Waals surface area contributed by atoms with Crippen LogP contribution < -0.4 is 0 Å². The lowest BCUT2D eigenvalue weighted by molar-refractivity contribution is -0.140. The van der Waals surface area contributed by atoms with Crippen molar-refractivity contribution in [2.75, 3.05) is 20.3 Å². The number of benzene rings is 1. The predicted molar refractivity (Wildman–Crippen MR) is 103 cm³/mol. The van der Waals surface area contributed by atoms with E-state index in [2.05, 4.69) is 15.9 Å². The van der Waals surface area contributed by atoms with Gasteiger partial charge >= 0.3 is 5.97 Å². The van der Waals surface area contributed by atoms with Crippen LogP contribution in [0.2, 0.25) is 0 Å². The molecule has 2 aromatic rings. The number of furan rings is 1. The number of halogens is 1. The van der Waals surface area contributed by atoms with Crippen LogP contribution >= 0.6 is 15.9 Å². The molecule has 0 bridgehead atoms. The number of likely N-dealkylation sites (N-methyl/N-ethyl adjacent to an activating group) is 1. The summed E-state index contributed by atoms with van der Waals surface area (Å²) in [4.78, 5) is 26.3. The Hall–Kier alpha value is -2.12. The number of carbonyl (C=O) groups excluding carboxylic acids is 1. The molecule has 1 saturated heterocycles. The minimum Gasteiger partial charge on any atom is -0.478 e. The van der Waals surface area contributed by atoms with Crippen LogP contribution in [-0.4, -0.2) is 42.1 Å². The lowest BCUT2D eigenvalue weighted by atomic mass is 9.73. The van der Waals surface area contributed by atoms with Crippen molar-refractivity contribution in [2.24, 2.45) is 0 Å². The zero-order chi connectivity index (χ0) is 19.6. The molecular weight excluding hydrogens is 414 g/mol. The number of aromatic carboxylic acids is 1. The molecule has 0 saturated carbocycles. The molecule has 0 spiro atoms. The lowest BCUT2D eigenvalue weighted by Gasteiger charge is -2.39. The summed E-state index contributed by atoms with van der Waals surface area (Å²) in [6, 6.07) is 9.31. The number of rotatable bonds is 5. The molecular formula is C20H22BrNO5. The summed E-state index contributed by atoms with van der Waals surface area (Å²) in [6.45, 7) is 2.87. The maximum atomic E-state index is 13.4. The van der Waals surface area contributed by atoms with E-state index in [1.54, 1.807) is 18.9 Å². The third kappa shape index (κ3) is 3.94. The van der Waals surface area contributed by atoms with Gasteiger partial charge in [0.2, 0.25) is 5.91 Å². The highest BCUT2D eigenvalue weighted by Crippen LogP contribution is 2.37. The number of carboxylic acid groups (broad SMARTS) is 1. The van der Waals surface area contributed by atoms with E-state index < -0.39 is 11.4 Å². The molecule has 0 radical (unpaired) electrons. The van der Waals surface area contributed by atoms with Gasteiger partial charge in [-0.05, 0) is 43.5 Å². The van der Waals surface area contributed by atoms with Crippen molar-refractivity contribution >= 4 is 27.8 Å². The molecule has 3 rings (SSSR count). The largest absolute Gasteiger partial charge is 0.478 e. The van der Waals surface area contributed by atoms with E-state index in [1.165, 1.54) is 6.07 Å². The van der Waals surface area contributed by atoms with Crippen LogP contribution in [0.5, 0.6) is 0 Å². The molecule has 1 aliphatic rings. The van der Waals surface area contributed by atoms with Gasteiger partial charge in [0.25, 0.3) is 0 Å². The fourth-order valence-corrected chi connectivity index (χ4v) is 3.88. The Kier molecular flexibility index (Phi) is 5.72. The van der Waals surface area contributed by atoms with E-state index in [1.807, 2.05) is 24.3 Å². The molecule has 1 aliphatic heterocycles. The molecule has 1 aromatic heterocycles. The van der Waals surface area contributed by atoms with Crippen molar-refractivity contribution in [2.45, 2.75) is 31.7 Å². The number of ether oxygens (including phenoxy) is 1. The number of carboxylic acids is 1. The van der Waals surface area contributed by atoms with Gasteiger partial charge in [-0.3, -0.25) is 4.79 Å². The molecule has 0 atom stereocenters. The second kappa shape index (κ2) is 7.86. The third-order valence-electron chi connectivity index (χ3n) is 5.09. The van der Waals surface area contributed by atoms with E-state index in [0.717, 1.165) is 10.0 Å². The van der Waals surface area contributed by atoms with Crippen molar-refractivity contribution in [3.63, 3.8) is 0 Å². The van der Waals surface area contributed by atoms with E-state index in [9.17, 15) is 14.7 Å². The van der Waals surface area contributed by atoms with Crippen molar-refractivity contribution < 1.29 is 23.8 Å². The molecule has 0 aliphatic carbocycles. The van der Waals surface area contributed by atoms with E-state index >= 15 is 0 Å². The highest BCUT2D eigenvalue weighted by Gasteiger charge is 2.43. The summed E-state index contributed by atoms with van der Waals surface area (Å²) < 4.78 is 12.0. The molecule has 1 aromatic carbocycles. The number of carbonyl (C=O) groups is 2. The topological polar surface area (TPSA) is 80.0 Å². The molecule has 1 amide bonds. The van der Waals surface area contributed by atoms with Gasteiger partial charge in [0, 0.05) is 24.7 Å². The first-order valence-electron chi connectivity index (χ1n) is 8.75. The molecule has 7 heteroatoms. The summed E-state index contributed by atoms with van der Waals surface area (Å²) >= 11 is 3.44. The number of amides is 1. The zero-order valence-corrected chi connectivity index (χ0v) is 16.9. The van der Waals surface area contributed by atoms with E-state index in [-0.39, 0.29) is 18.0 Å². The highest BCUT2D eigenvalue weighted by molar-refractivity contribution is 9.10. The molecule has 6 nitrogen and oxygen atoms in total. The van der Waals surface area contributed by atoms with Crippen LogP contribution in [0.25, 0.3) is 0 Å². The van der Waals surface area contributed by atoms with Gasteiger partial charge in [-0.2, -0.15) is 0 Å². The summed E-state index contributed by atoms with van der Waals surface area (Å²) in [5.41, 5.74) is 0.442. The highest BCUT2D eigenvalue weighted by atomic mass is 79.9. The molecule has 27 heavy (non-hydrogen) atoms. The van der Waals surface area contributed by atoms with Crippen LogP contribution in [0.3, 0.4) is 0 Å². The van der Waals surface area contributed by atoms with Crippen LogP contribution in [0, 0.1) is 6.92 Å². The Morgan fingerprint density at radius 3 is 2.41 bits per heavy atom. The molecule has 1 fully saturated rings. The number of aryl methyl sites for hydroxylation is 1. The normalized spacial score (nSPS) is 16.1. The van der Waals surface area contributed by atoms with Crippen molar-refractivity contribution in [1.29, 1.82) is 0 Å². The molecule has 2 heterocycles. The smallest absolute Gasteiger partial charge is 0.339 e. The van der Waals surface area contributed by atoms with Crippen molar-refractivity contribution in [3.8, 4) is 0 Å². The SMILES string of the molecule is Cc1oc(CN(C)C(=O)C2(c3ccc(Br)cc3)CCOCC2)cc1C(=O)O. The monoisotopic (exact) mass is 435 g/mol. The van der Waals surface area contributed by atoms with E-state index in [4.69, 9.17) is 9.15 Å². The van der Waals surface area contributed by atoms with Crippen LogP contribution in [0.4, 0.5) is 0 Å². The summed E-state index contributed by atoms with van der Waals surface area (Å²) in [5, 5.41) is 9.18. The third-order valence-corrected chi connectivity index (χ3v) is 5.62. The van der Waals surface area contributed by atoms with E-state index in [0.29, 0.717) is 37.6 Å². The van der Waals surface area contributed by atoms with Gasteiger partial charge in [0.05, 0.1) is 12.0 Å². The first-order valence-corrected chi connectivity index (χ1v) is 9.55. The standard InChI is InChI=1S/C20H22BrNO5/c1-13-17(18(23)24)11-16(27-13)12-22(2)19(25)20(7-9-26-10-8-20)14-3-5-15(21)6-4-14/h3-6,11H,7-10,12H2,1-2H3,(H,23,24). The van der Waals surface area contributed by atoms with Gasteiger partial charge in [-0.25, -0.2) is 4.79 Å². The van der Waals surface area contributed by atoms with Gasteiger partial charge in [0.1, 0.15) is 17.1 Å². The number of hydrogen-bond acceptors (Lipinski definition) is 4. The Morgan fingerprint density at radius 2 is 1.85 bits per heavy atom. The van der Waals surface area contributed by atoms with Gasteiger partial charge in [-0.15, -0.1) is 0 Å². The maximum Gasteiger partial charge on any atom is 0.339 e. The Morgan fingerprint density at radius 1 is 1.22 bits per heavy atom. The minimum absolute atomic E-state index is 0.0148. The van der Waals surface area contributed by atoms with Gasteiger partial charge < -0.3 is 19.2 Å². The van der Waals surface area contributed by atoms with Crippen molar-refractivity contribution in [3.05, 3.63) is 57.5 Å². The molecule has 0 unspecified atom stereocenters. The Balaban J connectivity index is 1.86. The first kappa shape index (κ1) is 19.6. The summed E-state index contributed by atoms with van der Waals surface area (Å²) in [5.74, 6) is -0.253. The quantitative estimate of drug-likeness (QED) is 0.772.